The molecule has 0 saturated carbocycles. The number of hydrogen-bond acceptors (Lipinski definition) is 2. The van der Waals surface area contributed by atoms with E-state index in [0.717, 1.165) is 0 Å². The van der Waals surface area contributed by atoms with E-state index in [1.807, 2.05) is 17.9 Å². The van der Waals surface area contributed by atoms with E-state index in [-0.39, 0.29) is 6.67 Å². The lowest BCUT2D eigenvalue weighted by atomic mass is 10.3. The van der Waals surface area contributed by atoms with E-state index in [9.17, 15) is 4.39 Å². The maximum atomic E-state index is 11.8. The Kier molecular flexibility index (Phi) is 7.75. The van der Waals surface area contributed by atoms with Crippen molar-refractivity contribution >= 4 is 23.5 Å². The normalized spacial score (nSPS) is 14.3. The van der Waals surface area contributed by atoms with Gasteiger partial charge in [-0.1, -0.05) is 6.08 Å². The van der Waals surface area contributed by atoms with E-state index >= 15 is 0 Å². The molecule has 1 unspecified atom stereocenters. The van der Waals surface area contributed by atoms with Gasteiger partial charge >= 0.3 is 0 Å². The predicted molar refractivity (Wildman–Crippen MR) is 50.6 cm³/mol. The zero-order valence-corrected chi connectivity index (χ0v) is 7.97. The highest BCUT2D eigenvalue weighted by atomic mass is 32.2. The Morgan fingerprint density at radius 1 is 1.50 bits per heavy atom. The summed E-state index contributed by atoms with van der Waals surface area (Å²) in [5.74, 6) is 0. The minimum absolute atomic E-state index is 0.218. The van der Waals surface area contributed by atoms with E-state index in [2.05, 4.69) is 6.08 Å². The molecule has 0 aliphatic heterocycles. The quantitative estimate of drug-likeness (QED) is 0.638. The number of hydrogen-bond donors (Lipinski definition) is 0. The van der Waals surface area contributed by atoms with E-state index in [1.165, 1.54) is 0 Å². The molecule has 0 aromatic heterocycles. The molecule has 0 amide bonds. The lowest BCUT2D eigenvalue weighted by molar-refractivity contribution is 0.479. The van der Waals surface area contributed by atoms with Crippen LogP contribution in [-0.4, -0.2) is 24.4 Å². The lowest BCUT2D eigenvalue weighted by Gasteiger charge is -2.04. The molecule has 0 nitrogen and oxygen atoms in total. The van der Waals surface area contributed by atoms with Crippen molar-refractivity contribution in [1.29, 1.82) is 0 Å². The first-order chi connectivity index (χ1) is 4.85. The maximum absolute atomic E-state index is 11.8. The van der Waals surface area contributed by atoms with E-state index in [4.69, 9.17) is 0 Å². The molecule has 0 aromatic carbocycles. The first-order valence-corrected chi connectivity index (χ1v) is 5.71. The van der Waals surface area contributed by atoms with Crippen LogP contribution in [0.5, 0.6) is 0 Å². The summed E-state index contributed by atoms with van der Waals surface area (Å²) in [6.07, 6.45) is 6.70. The fourth-order valence-corrected chi connectivity index (χ4v) is 1.57. The van der Waals surface area contributed by atoms with Crippen molar-refractivity contribution in [2.45, 2.75) is 11.7 Å². The highest BCUT2D eigenvalue weighted by molar-refractivity contribution is 8.01. The standard InChI is InChI=1S/C7H13FS2/c1-9-6-4-7(10-2)3-5-8/h4,6-7H,3,5H2,1-2H3/b6-4+. The predicted octanol–water partition coefficient (Wildman–Crippen LogP) is 2.95. The van der Waals surface area contributed by atoms with Gasteiger partial charge in [0.15, 0.2) is 0 Å². The van der Waals surface area contributed by atoms with E-state index in [0.29, 0.717) is 11.7 Å². The zero-order valence-electron chi connectivity index (χ0n) is 6.34. The molecule has 10 heavy (non-hydrogen) atoms. The van der Waals surface area contributed by atoms with Crippen LogP contribution in [0, 0.1) is 0 Å². The molecule has 0 heterocycles. The maximum Gasteiger partial charge on any atom is 0.0908 e. The molecule has 0 spiro atoms. The van der Waals surface area contributed by atoms with Crippen LogP contribution in [0.2, 0.25) is 0 Å². The molecule has 60 valence electrons. The average Bonchev–Trinajstić information content (AvgIpc) is 1.98. The smallest absolute Gasteiger partial charge is 0.0908 e. The monoisotopic (exact) mass is 180 g/mol. The largest absolute Gasteiger partial charge is 0.251 e. The third-order valence-electron chi connectivity index (χ3n) is 1.13. The average molecular weight is 180 g/mol. The van der Waals surface area contributed by atoms with Crippen molar-refractivity contribution < 1.29 is 4.39 Å². The van der Waals surface area contributed by atoms with Crippen LogP contribution in [-0.2, 0) is 0 Å². The second-order valence-electron chi connectivity index (χ2n) is 1.82. The molecular weight excluding hydrogens is 167 g/mol. The minimum atomic E-state index is -0.218. The molecule has 0 aromatic rings. The van der Waals surface area contributed by atoms with Gasteiger partial charge in [-0.25, -0.2) is 0 Å². The van der Waals surface area contributed by atoms with E-state index < -0.39 is 0 Å². The summed E-state index contributed by atoms with van der Waals surface area (Å²) in [5, 5.41) is 2.37. The molecule has 0 rings (SSSR count). The van der Waals surface area contributed by atoms with Crippen LogP contribution in [0.4, 0.5) is 4.39 Å². The summed E-state index contributed by atoms with van der Waals surface area (Å²) in [7, 11) is 0. The second-order valence-corrected chi connectivity index (χ2v) is 3.64. The molecule has 0 saturated heterocycles. The van der Waals surface area contributed by atoms with Crippen molar-refractivity contribution in [3.63, 3.8) is 0 Å². The van der Waals surface area contributed by atoms with Crippen molar-refractivity contribution in [2.24, 2.45) is 0 Å². The van der Waals surface area contributed by atoms with Gasteiger partial charge in [-0.3, -0.25) is 4.39 Å². The Labute approximate surface area is 70.7 Å². The van der Waals surface area contributed by atoms with Crippen LogP contribution in [0.15, 0.2) is 11.5 Å². The Morgan fingerprint density at radius 3 is 2.60 bits per heavy atom. The van der Waals surface area contributed by atoms with Crippen LogP contribution < -0.4 is 0 Å². The molecule has 0 bridgehead atoms. The molecule has 0 N–H and O–H groups in total. The van der Waals surface area contributed by atoms with Crippen LogP contribution >= 0.6 is 23.5 Å². The van der Waals surface area contributed by atoms with Crippen molar-refractivity contribution in [3.05, 3.63) is 11.5 Å². The molecule has 3 heteroatoms. The molecular formula is C7H13FS2. The summed E-state index contributed by atoms with van der Waals surface area (Å²) >= 11 is 3.35. The Bertz CT molecular complexity index is 93.6. The number of thioether (sulfide) groups is 2. The van der Waals surface area contributed by atoms with E-state index in [1.54, 1.807) is 23.5 Å². The summed E-state index contributed by atoms with van der Waals surface area (Å²) in [4.78, 5) is 0. The second kappa shape index (κ2) is 7.48. The topological polar surface area (TPSA) is 0 Å². The van der Waals surface area contributed by atoms with Gasteiger partial charge in [0, 0.05) is 5.25 Å². The Morgan fingerprint density at radius 2 is 2.20 bits per heavy atom. The van der Waals surface area contributed by atoms with Gasteiger partial charge < -0.3 is 0 Å². The molecule has 0 aliphatic rings. The molecule has 0 aliphatic carbocycles. The molecule has 1 atom stereocenters. The van der Waals surface area contributed by atoms with Gasteiger partial charge in [-0.05, 0) is 24.3 Å². The highest BCUT2D eigenvalue weighted by Crippen LogP contribution is 2.13. The lowest BCUT2D eigenvalue weighted by Crippen LogP contribution is -1.97. The van der Waals surface area contributed by atoms with Gasteiger partial charge in [0.1, 0.15) is 0 Å². The summed E-state index contributed by atoms with van der Waals surface area (Å²) in [6.45, 7) is -0.218. The fraction of sp³-hybridized carbons (Fsp3) is 0.714. The minimum Gasteiger partial charge on any atom is -0.251 e. The van der Waals surface area contributed by atoms with Gasteiger partial charge in [0.05, 0.1) is 6.67 Å². The third-order valence-corrected chi connectivity index (χ3v) is 2.55. The van der Waals surface area contributed by atoms with Crippen molar-refractivity contribution in [1.82, 2.24) is 0 Å². The number of alkyl halides is 1. The summed E-state index contributed by atoms with van der Waals surface area (Å²) < 4.78 is 11.8. The fourth-order valence-electron chi connectivity index (χ4n) is 0.566. The molecule has 0 fully saturated rings. The van der Waals surface area contributed by atoms with Gasteiger partial charge in [-0.15, -0.1) is 11.8 Å². The van der Waals surface area contributed by atoms with Gasteiger partial charge in [0.2, 0.25) is 0 Å². The molecule has 0 radical (unpaired) electrons. The number of rotatable bonds is 5. The van der Waals surface area contributed by atoms with Crippen molar-refractivity contribution in [3.8, 4) is 0 Å². The first-order valence-electron chi connectivity index (χ1n) is 3.13. The first kappa shape index (κ1) is 10.4. The number of halogens is 1. The van der Waals surface area contributed by atoms with Crippen LogP contribution in [0.1, 0.15) is 6.42 Å². The third kappa shape index (κ3) is 5.18. The van der Waals surface area contributed by atoms with Gasteiger partial charge in [-0.2, -0.15) is 11.8 Å². The summed E-state index contributed by atoms with van der Waals surface area (Å²) in [5.41, 5.74) is 0. The van der Waals surface area contributed by atoms with Crippen LogP contribution in [0.25, 0.3) is 0 Å². The highest BCUT2D eigenvalue weighted by Gasteiger charge is 1.99. The Hall–Kier alpha value is 0.370. The Balaban J connectivity index is 3.48. The van der Waals surface area contributed by atoms with Crippen LogP contribution in [0.3, 0.4) is 0 Å². The summed E-state index contributed by atoms with van der Waals surface area (Å²) in [6, 6.07) is 0. The van der Waals surface area contributed by atoms with Gasteiger partial charge in [0.25, 0.3) is 0 Å². The SMILES string of the molecule is CS/C=C/C(CCF)SC. The van der Waals surface area contributed by atoms with Crippen molar-refractivity contribution in [2.75, 3.05) is 19.2 Å². The zero-order chi connectivity index (χ0) is 7.82.